The second kappa shape index (κ2) is 43.0. The molecule has 370 valence electrons. The third-order valence-electron chi connectivity index (χ3n) is 12.5. The first kappa shape index (κ1) is 59.4. The SMILES string of the molecule is CCCCCCCC/C=C/CC/C=C/C(O)C(COC1OC(CO)C(O)C(O)C1O)NC(=O)C(O)CCCCCCCCCCCC/C=C\CCCCCCCCCCCCCC. The predicted octanol–water partition coefficient (Wildman–Crippen LogP) is 11.0. The molecule has 1 rings (SSSR count). The summed E-state index contributed by atoms with van der Waals surface area (Å²) in [6.07, 6.45) is 44.0. The summed E-state index contributed by atoms with van der Waals surface area (Å²) in [6, 6.07) is -0.996. The fourth-order valence-corrected chi connectivity index (χ4v) is 8.23. The van der Waals surface area contributed by atoms with Gasteiger partial charge < -0.3 is 45.4 Å². The van der Waals surface area contributed by atoms with Gasteiger partial charge in [0.25, 0.3) is 0 Å². The molecule has 0 aromatic carbocycles. The van der Waals surface area contributed by atoms with E-state index in [1.54, 1.807) is 6.08 Å². The highest BCUT2D eigenvalue weighted by molar-refractivity contribution is 5.80. The van der Waals surface area contributed by atoms with Crippen molar-refractivity contribution in [3.05, 3.63) is 36.5 Å². The number of nitrogens with one attached hydrogen (secondary N) is 1. The number of hydrogen-bond donors (Lipinski definition) is 7. The zero-order valence-electron chi connectivity index (χ0n) is 40.4. The maximum Gasteiger partial charge on any atom is 0.249 e. The van der Waals surface area contributed by atoms with Gasteiger partial charge in [-0.3, -0.25) is 4.79 Å². The number of unbranched alkanes of at least 4 members (excludes halogenated alkanes) is 29. The van der Waals surface area contributed by atoms with Crippen LogP contribution < -0.4 is 5.32 Å². The fraction of sp³-hybridized carbons (Fsp3) is 0.868. The van der Waals surface area contributed by atoms with Gasteiger partial charge in [-0.1, -0.05) is 211 Å². The average molecular weight is 894 g/mol. The molecule has 0 aromatic heterocycles. The van der Waals surface area contributed by atoms with Crippen molar-refractivity contribution in [3.8, 4) is 0 Å². The van der Waals surface area contributed by atoms with Crippen molar-refractivity contribution in [1.29, 1.82) is 0 Å². The standard InChI is InChI=1S/C53H99NO9/c1-3-5-7-9-11-13-15-17-18-19-20-21-22-23-24-25-26-27-28-29-30-32-34-36-38-40-42-47(57)52(61)54-45(44-62-53-51(60)50(59)49(58)48(43-55)63-53)46(56)41-39-37-35-33-31-16-14-12-10-8-6-4-2/h23-24,31,33,39,41,45-51,53,55-60H,3-22,25-30,32,34-38,40,42-44H2,1-2H3,(H,54,61)/b24-23-,33-31+,41-39+. The molecule has 10 heteroatoms. The number of ether oxygens (including phenoxy) is 2. The highest BCUT2D eigenvalue weighted by Crippen LogP contribution is 2.23. The minimum atomic E-state index is -1.61. The van der Waals surface area contributed by atoms with Crippen LogP contribution in [0.1, 0.15) is 232 Å². The summed E-state index contributed by atoms with van der Waals surface area (Å²) < 4.78 is 11.1. The number of aliphatic hydroxyl groups excluding tert-OH is 6. The second-order valence-corrected chi connectivity index (χ2v) is 18.4. The Hall–Kier alpha value is -1.63. The van der Waals surface area contributed by atoms with Crippen LogP contribution in [0, 0.1) is 0 Å². The molecule has 1 amide bonds. The number of aliphatic hydroxyl groups is 6. The Morgan fingerprint density at radius 1 is 0.540 bits per heavy atom. The predicted molar refractivity (Wildman–Crippen MR) is 259 cm³/mol. The smallest absolute Gasteiger partial charge is 0.249 e. The van der Waals surface area contributed by atoms with Gasteiger partial charge in [-0.05, 0) is 57.8 Å². The third-order valence-corrected chi connectivity index (χ3v) is 12.5. The van der Waals surface area contributed by atoms with Crippen LogP contribution in [0.3, 0.4) is 0 Å². The third kappa shape index (κ3) is 32.7. The lowest BCUT2D eigenvalue weighted by molar-refractivity contribution is -0.302. The van der Waals surface area contributed by atoms with Gasteiger partial charge in [0.05, 0.1) is 25.4 Å². The Bertz CT molecular complexity index is 1100. The fourth-order valence-electron chi connectivity index (χ4n) is 8.23. The summed E-state index contributed by atoms with van der Waals surface area (Å²) in [7, 11) is 0. The molecule has 63 heavy (non-hydrogen) atoms. The summed E-state index contributed by atoms with van der Waals surface area (Å²) in [5.74, 6) is -0.627. The zero-order valence-corrected chi connectivity index (χ0v) is 40.4. The van der Waals surface area contributed by atoms with Crippen LogP contribution in [-0.4, -0.2) is 98.7 Å². The first-order valence-electron chi connectivity index (χ1n) is 26.3. The van der Waals surface area contributed by atoms with E-state index >= 15 is 0 Å². The lowest BCUT2D eigenvalue weighted by atomic mass is 9.99. The number of rotatable bonds is 44. The first-order chi connectivity index (χ1) is 30.8. The molecule has 8 atom stereocenters. The molecule has 0 aliphatic carbocycles. The molecule has 1 aliphatic heterocycles. The van der Waals surface area contributed by atoms with E-state index in [9.17, 15) is 35.4 Å². The first-order valence-corrected chi connectivity index (χ1v) is 26.3. The summed E-state index contributed by atoms with van der Waals surface area (Å²) in [5.41, 5.74) is 0. The number of amides is 1. The molecule has 1 saturated heterocycles. The normalized spacial score (nSPS) is 20.9. The van der Waals surface area contributed by atoms with Crippen molar-refractivity contribution in [2.45, 2.75) is 281 Å². The molecular weight excluding hydrogens is 795 g/mol. The van der Waals surface area contributed by atoms with Gasteiger partial charge in [0, 0.05) is 0 Å². The molecule has 1 fully saturated rings. The maximum atomic E-state index is 13.1. The van der Waals surface area contributed by atoms with Gasteiger partial charge in [0.1, 0.15) is 30.5 Å². The van der Waals surface area contributed by atoms with Crippen molar-refractivity contribution in [3.63, 3.8) is 0 Å². The van der Waals surface area contributed by atoms with Gasteiger partial charge in [-0.25, -0.2) is 0 Å². The minimum absolute atomic E-state index is 0.303. The van der Waals surface area contributed by atoms with E-state index < -0.39 is 61.5 Å². The van der Waals surface area contributed by atoms with Crippen LogP contribution in [0.15, 0.2) is 36.5 Å². The second-order valence-electron chi connectivity index (χ2n) is 18.4. The van der Waals surface area contributed by atoms with Gasteiger partial charge in [-0.2, -0.15) is 0 Å². The van der Waals surface area contributed by atoms with Crippen molar-refractivity contribution >= 4 is 5.91 Å². The van der Waals surface area contributed by atoms with E-state index in [0.29, 0.717) is 19.3 Å². The van der Waals surface area contributed by atoms with Gasteiger partial charge in [-0.15, -0.1) is 0 Å². The van der Waals surface area contributed by atoms with E-state index in [4.69, 9.17) is 9.47 Å². The number of allylic oxidation sites excluding steroid dienone is 5. The Labute approximate surface area is 385 Å². The Balaban J connectivity index is 2.26. The van der Waals surface area contributed by atoms with Crippen molar-refractivity contribution in [1.82, 2.24) is 5.32 Å². The van der Waals surface area contributed by atoms with E-state index in [1.807, 2.05) is 6.08 Å². The summed E-state index contributed by atoms with van der Waals surface area (Å²) >= 11 is 0. The molecule has 1 aliphatic rings. The summed E-state index contributed by atoms with van der Waals surface area (Å²) in [6.45, 7) is 3.58. The largest absolute Gasteiger partial charge is 0.394 e. The van der Waals surface area contributed by atoms with Gasteiger partial charge >= 0.3 is 0 Å². The van der Waals surface area contributed by atoms with Gasteiger partial charge in [0.2, 0.25) is 5.91 Å². The molecule has 0 aromatic rings. The molecule has 0 bridgehead atoms. The van der Waals surface area contributed by atoms with Crippen molar-refractivity contribution < 1.29 is 44.9 Å². The number of carbonyl (C=O) groups excluding carboxylic acids is 1. The van der Waals surface area contributed by atoms with E-state index in [0.717, 1.165) is 32.1 Å². The molecule has 0 spiro atoms. The minimum Gasteiger partial charge on any atom is -0.394 e. The van der Waals surface area contributed by atoms with Crippen LogP contribution >= 0.6 is 0 Å². The van der Waals surface area contributed by atoms with Crippen LogP contribution in [0.25, 0.3) is 0 Å². The van der Waals surface area contributed by atoms with Crippen LogP contribution in [0.2, 0.25) is 0 Å². The van der Waals surface area contributed by atoms with E-state index in [2.05, 4.69) is 43.5 Å². The molecular formula is C53H99NO9. The molecule has 8 unspecified atom stereocenters. The Morgan fingerprint density at radius 2 is 0.937 bits per heavy atom. The van der Waals surface area contributed by atoms with Crippen molar-refractivity contribution in [2.24, 2.45) is 0 Å². The molecule has 0 saturated carbocycles. The van der Waals surface area contributed by atoms with Crippen LogP contribution in [0.5, 0.6) is 0 Å². The quantitative estimate of drug-likeness (QED) is 0.0232. The highest BCUT2D eigenvalue weighted by atomic mass is 16.7. The highest BCUT2D eigenvalue weighted by Gasteiger charge is 2.44. The van der Waals surface area contributed by atoms with E-state index in [-0.39, 0.29) is 6.61 Å². The monoisotopic (exact) mass is 894 g/mol. The topological polar surface area (TPSA) is 169 Å². The van der Waals surface area contributed by atoms with Gasteiger partial charge in [0.15, 0.2) is 6.29 Å². The molecule has 7 N–H and O–H groups in total. The molecule has 1 heterocycles. The Morgan fingerprint density at radius 3 is 1.38 bits per heavy atom. The van der Waals surface area contributed by atoms with Crippen LogP contribution in [-0.2, 0) is 14.3 Å². The maximum absolute atomic E-state index is 13.1. The summed E-state index contributed by atoms with van der Waals surface area (Å²) in [4.78, 5) is 13.1. The summed E-state index contributed by atoms with van der Waals surface area (Å²) in [5, 5.41) is 64.7. The average Bonchev–Trinajstić information content (AvgIpc) is 3.28. The number of carbonyl (C=O) groups is 1. The van der Waals surface area contributed by atoms with E-state index in [1.165, 1.54) is 167 Å². The lowest BCUT2D eigenvalue weighted by Crippen LogP contribution is -2.60. The number of hydrogen-bond acceptors (Lipinski definition) is 9. The molecule has 0 radical (unpaired) electrons. The van der Waals surface area contributed by atoms with Crippen molar-refractivity contribution in [2.75, 3.05) is 13.2 Å². The lowest BCUT2D eigenvalue weighted by Gasteiger charge is -2.40. The Kier molecular flexibility index (Phi) is 40.5. The zero-order chi connectivity index (χ0) is 46.0. The van der Waals surface area contributed by atoms with Crippen LogP contribution in [0.4, 0.5) is 0 Å². The molecule has 10 nitrogen and oxygen atoms in total.